The summed E-state index contributed by atoms with van der Waals surface area (Å²) >= 11 is 0. The van der Waals surface area contributed by atoms with Gasteiger partial charge in [-0.15, -0.1) is 0 Å². The van der Waals surface area contributed by atoms with Crippen molar-refractivity contribution < 1.29 is 9.84 Å². The number of anilines is 1. The number of aryl methyl sites for hydroxylation is 2. The van der Waals surface area contributed by atoms with Gasteiger partial charge in [0.25, 0.3) is 0 Å². The van der Waals surface area contributed by atoms with Gasteiger partial charge < -0.3 is 20.9 Å². The highest BCUT2D eigenvalue weighted by Gasteiger charge is 2.27. The number of nitrogens with zero attached hydrogens (tertiary/aromatic N) is 6. The Morgan fingerprint density at radius 1 is 1.27 bits per heavy atom. The average Bonchev–Trinajstić information content (AvgIpc) is 3.49. The molecule has 3 aromatic heterocycles. The molecule has 10 nitrogen and oxygen atoms in total. The number of hydrogen-bond donors (Lipinski definition) is 3. The first-order chi connectivity index (χ1) is 16.0. The quantitative estimate of drug-likeness (QED) is 0.355. The summed E-state index contributed by atoms with van der Waals surface area (Å²) in [6.07, 6.45) is 3.35. The molecule has 3 heterocycles. The highest BCUT2D eigenvalue weighted by atomic mass is 16.5. The number of benzene rings is 1. The van der Waals surface area contributed by atoms with E-state index in [0.717, 1.165) is 46.6 Å². The lowest BCUT2D eigenvalue weighted by Crippen LogP contribution is -2.26. The summed E-state index contributed by atoms with van der Waals surface area (Å²) in [6.45, 7) is 2.84. The van der Waals surface area contributed by atoms with Gasteiger partial charge in [-0.1, -0.05) is 12.1 Å². The van der Waals surface area contributed by atoms with E-state index in [0.29, 0.717) is 24.2 Å². The zero-order valence-electron chi connectivity index (χ0n) is 18.8. The second kappa shape index (κ2) is 8.80. The monoisotopic (exact) mass is 448 g/mol. The van der Waals surface area contributed by atoms with Gasteiger partial charge in [0.05, 0.1) is 35.6 Å². The molecule has 1 aliphatic rings. The van der Waals surface area contributed by atoms with Crippen molar-refractivity contribution in [3.63, 3.8) is 0 Å². The Hall–Kier alpha value is -3.50. The lowest BCUT2D eigenvalue weighted by atomic mass is 10.2. The van der Waals surface area contributed by atoms with E-state index in [-0.39, 0.29) is 13.2 Å². The predicted octanol–water partition coefficient (Wildman–Crippen LogP) is 2.18. The third-order valence-electron chi connectivity index (χ3n) is 5.69. The van der Waals surface area contributed by atoms with Crippen molar-refractivity contribution in [2.45, 2.75) is 38.5 Å². The standard InChI is InChI=1S/C23H28N8O2/c1-14-8-17(30(2)29-14)11-25-22-20-12-26-31(16-6-7-16)23(20)28-21(27-22)15-4-3-5-19(9-15)33-13-18(32)10-24/h3-5,8-9,12,16,18,32H,6-7,10-11,13,24H2,1-2H3,(H,25,27,28). The molecular formula is C23H28N8O2. The molecule has 33 heavy (non-hydrogen) atoms. The molecule has 1 aromatic carbocycles. The van der Waals surface area contributed by atoms with Gasteiger partial charge in [-0.25, -0.2) is 14.6 Å². The van der Waals surface area contributed by atoms with Crippen LogP contribution in [-0.4, -0.2) is 53.9 Å². The number of ether oxygens (including phenoxy) is 1. The largest absolute Gasteiger partial charge is 0.491 e. The number of hydrogen-bond acceptors (Lipinski definition) is 8. The van der Waals surface area contributed by atoms with E-state index in [1.54, 1.807) is 0 Å². The molecular weight excluding hydrogens is 420 g/mol. The molecule has 4 aromatic rings. The first kappa shape index (κ1) is 21.4. The van der Waals surface area contributed by atoms with E-state index in [1.807, 2.05) is 53.8 Å². The topological polar surface area (TPSA) is 129 Å². The molecule has 0 saturated heterocycles. The van der Waals surface area contributed by atoms with E-state index in [2.05, 4.69) is 21.6 Å². The molecule has 0 spiro atoms. The molecule has 0 bridgehead atoms. The fraction of sp³-hybridized carbons (Fsp3) is 0.391. The summed E-state index contributed by atoms with van der Waals surface area (Å²) in [6, 6.07) is 9.98. The van der Waals surface area contributed by atoms with Crippen molar-refractivity contribution >= 4 is 16.9 Å². The van der Waals surface area contributed by atoms with Crippen LogP contribution in [-0.2, 0) is 13.6 Å². The lowest BCUT2D eigenvalue weighted by molar-refractivity contribution is 0.114. The zero-order valence-corrected chi connectivity index (χ0v) is 18.8. The van der Waals surface area contributed by atoms with Crippen LogP contribution < -0.4 is 15.8 Å². The summed E-state index contributed by atoms with van der Waals surface area (Å²) in [7, 11) is 1.93. The molecule has 1 fully saturated rings. The number of fused-ring (bicyclic) bond motifs is 1. The van der Waals surface area contributed by atoms with Crippen molar-refractivity contribution in [2.24, 2.45) is 12.8 Å². The van der Waals surface area contributed by atoms with Crippen LogP contribution in [0.5, 0.6) is 5.75 Å². The van der Waals surface area contributed by atoms with Crippen LogP contribution in [0, 0.1) is 6.92 Å². The lowest BCUT2D eigenvalue weighted by Gasteiger charge is -2.12. The molecule has 1 atom stereocenters. The van der Waals surface area contributed by atoms with Crippen LogP contribution in [0.4, 0.5) is 5.82 Å². The Bertz CT molecular complexity index is 1280. The first-order valence-electron chi connectivity index (χ1n) is 11.1. The molecule has 1 saturated carbocycles. The van der Waals surface area contributed by atoms with Crippen LogP contribution in [0.15, 0.2) is 36.5 Å². The van der Waals surface area contributed by atoms with Crippen molar-refractivity contribution in [1.82, 2.24) is 29.5 Å². The number of rotatable bonds is 9. The molecule has 4 N–H and O–H groups in total. The minimum absolute atomic E-state index is 0.130. The maximum atomic E-state index is 9.70. The maximum Gasteiger partial charge on any atom is 0.164 e. The van der Waals surface area contributed by atoms with E-state index in [1.165, 1.54) is 0 Å². The van der Waals surface area contributed by atoms with E-state index in [4.69, 9.17) is 20.4 Å². The molecule has 0 amide bonds. The van der Waals surface area contributed by atoms with Gasteiger partial charge in [0.15, 0.2) is 11.5 Å². The predicted molar refractivity (Wildman–Crippen MR) is 125 cm³/mol. The van der Waals surface area contributed by atoms with Gasteiger partial charge in [0.1, 0.15) is 24.3 Å². The van der Waals surface area contributed by atoms with Crippen molar-refractivity contribution in [3.05, 3.63) is 47.9 Å². The molecule has 172 valence electrons. The summed E-state index contributed by atoms with van der Waals surface area (Å²) < 4.78 is 9.55. The smallest absolute Gasteiger partial charge is 0.164 e. The fourth-order valence-corrected chi connectivity index (χ4v) is 3.77. The highest BCUT2D eigenvalue weighted by Crippen LogP contribution is 2.37. The first-order valence-corrected chi connectivity index (χ1v) is 11.1. The van der Waals surface area contributed by atoms with Gasteiger partial charge in [0.2, 0.25) is 0 Å². The van der Waals surface area contributed by atoms with Gasteiger partial charge >= 0.3 is 0 Å². The molecule has 5 rings (SSSR count). The number of aromatic nitrogens is 6. The maximum absolute atomic E-state index is 9.70. The van der Waals surface area contributed by atoms with E-state index >= 15 is 0 Å². The van der Waals surface area contributed by atoms with Gasteiger partial charge in [-0.05, 0) is 38.0 Å². The van der Waals surface area contributed by atoms with Gasteiger partial charge in [0, 0.05) is 19.2 Å². The van der Waals surface area contributed by atoms with Crippen LogP contribution in [0.3, 0.4) is 0 Å². The summed E-state index contributed by atoms with van der Waals surface area (Å²) in [5, 5.41) is 23.1. The number of nitrogens with one attached hydrogen (secondary N) is 1. The van der Waals surface area contributed by atoms with Crippen LogP contribution >= 0.6 is 0 Å². The Balaban J connectivity index is 1.49. The highest BCUT2D eigenvalue weighted by molar-refractivity contribution is 5.88. The minimum atomic E-state index is -0.708. The second-order valence-electron chi connectivity index (χ2n) is 8.44. The Morgan fingerprint density at radius 2 is 2.12 bits per heavy atom. The molecule has 0 radical (unpaired) electrons. The molecule has 1 unspecified atom stereocenters. The third kappa shape index (κ3) is 4.53. The molecule has 1 aliphatic carbocycles. The van der Waals surface area contributed by atoms with Crippen molar-refractivity contribution in [1.29, 1.82) is 0 Å². The SMILES string of the molecule is Cc1cc(CNc2nc(-c3cccc(OCC(O)CN)c3)nc3c2cnn3C2CC2)n(C)n1. The summed E-state index contributed by atoms with van der Waals surface area (Å²) in [5.74, 6) is 1.93. The van der Waals surface area contributed by atoms with Crippen LogP contribution in [0.2, 0.25) is 0 Å². The van der Waals surface area contributed by atoms with Crippen molar-refractivity contribution in [2.75, 3.05) is 18.5 Å². The fourth-order valence-electron chi connectivity index (χ4n) is 3.77. The Kier molecular flexibility index (Phi) is 5.69. The second-order valence-corrected chi connectivity index (χ2v) is 8.44. The number of aliphatic hydroxyl groups is 1. The average molecular weight is 449 g/mol. The van der Waals surface area contributed by atoms with Gasteiger partial charge in [-0.2, -0.15) is 10.2 Å². The van der Waals surface area contributed by atoms with E-state index in [9.17, 15) is 5.11 Å². The van der Waals surface area contributed by atoms with E-state index < -0.39 is 6.10 Å². The normalized spacial score (nSPS) is 14.5. The summed E-state index contributed by atoms with van der Waals surface area (Å²) in [4.78, 5) is 9.70. The third-order valence-corrected chi connectivity index (χ3v) is 5.69. The number of aliphatic hydroxyl groups excluding tert-OH is 1. The van der Waals surface area contributed by atoms with Crippen molar-refractivity contribution in [3.8, 4) is 17.1 Å². The number of nitrogens with two attached hydrogens (primary N) is 1. The Labute approximate surface area is 191 Å². The zero-order chi connectivity index (χ0) is 22.9. The van der Waals surface area contributed by atoms with Gasteiger partial charge in [-0.3, -0.25) is 4.68 Å². The Morgan fingerprint density at radius 3 is 2.85 bits per heavy atom. The van der Waals surface area contributed by atoms with Crippen LogP contribution in [0.1, 0.15) is 30.3 Å². The minimum Gasteiger partial charge on any atom is -0.491 e. The summed E-state index contributed by atoms with van der Waals surface area (Å²) in [5.41, 5.74) is 9.14. The van der Waals surface area contributed by atoms with Crippen LogP contribution in [0.25, 0.3) is 22.4 Å². The molecule has 0 aliphatic heterocycles. The molecule has 10 heteroatoms.